The van der Waals surface area contributed by atoms with Gasteiger partial charge in [-0.1, -0.05) is 27.2 Å². The van der Waals surface area contributed by atoms with Crippen LogP contribution in [0, 0.1) is 5.41 Å². The summed E-state index contributed by atoms with van der Waals surface area (Å²) in [6, 6.07) is 0. The van der Waals surface area contributed by atoms with E-state index in [1.54, 1.807) is 0 Å². The molecule has 0 bridgehead atoms. The Balaban J connectivity index is 1.81. The normalized spacial score (nSPS) is 18.2. The van der Waals surface area contributed by atoms with Gasteiger partial charge in [-0.15, -0.1) is 0 Å². The van der Waals surface area contributed by atoms with Crippen molar-refractivity contribution in [2.24, 2.45) is 5.41 Å². The first kappa shape index (κ1) is 15.9. The minimum atomic E-state index is 0.370. The zero-order chi connectivity index (χ0) is 13.3. The Kier molecular flexibility index (Phi) is 7.87. The molecule has 0 aromatic rings. The van der Waals surface area contributed by atoms with Crippen molar-refractivity contribution in [2.75, 3.05) is 46.1 Å². The molecule has 0 saturated carbocycles. The number of rotatable bonds is 8. The third kappa shape index (κ3) is 8.90. The molecule has 0 spiro atoms. The van der Waals surface area contributed by atoms with Crippen molar-refractivity contribution in [1.29, 1.82) is 0 Å². The van der Waals surface area contributed by atoms with Crippen LogP contribution in [0.15, 0.2) is 0 Å². The quantitative estimate of drug-likeness (QED) is 0.624. The molecule has 0 aromatic carbocycles. The summed E-state index contributed by atoms with van der Waals surface area (Å²) < 4.78 is 11.2. The van der Waals surface area contributed by atoms with Crippen LogP contribution in [-0.4, -0.2) is 51.0 Å². The van der Waals surface area contributed by atoms with Crippen LogP contribution in [0.25, 0.3) is 0 Å². The van der Waals surface area contributed by atoms with Crippen molar-refractivity contribution < 1.29 is 9.47 Å². The topological polar surface area (TPSA) is 21.7 Å². The van der Waals surface area contributed by atoms with Crippen LogP contribution in [0.1, 0.15) is 46.5 Å². The van der Waals surface area contributed by atoms with Crippen molar-refractivity contribution >= 4 is 0 Å². The lowest BCUT2D eigenvalue weighted by molar-refractivity contribution is 0.0296. The van der Waals surface area contributed by atoms with E-state index >= 15 is 0 Å². The van der Waals surface area contributed by atoms with Gasteiger partial charge in [0.25, 0.3) is 0 Å². The monoisotopic (exact) mass is 257 g/mol. The minimum Gasteiger partial charge on any atom is -0.379 e. The number of piperidine rings is 1. The summed E-state index contributed by atoms with van der Waals surface area (Å²) >= 11 is 0. The van der Waals surface area contributed by atoms with Crippen molar-refractivity contribution in [2.45, 2.75) is 46.5 Å². The first-order chi connectivity index (χ1) is 8.58. The number of hydrogen-bond donors (Lipinski definition) is 0. The maximum absolute atomic E-state index is 5.60. The van der Waals surface area contributed by atoms with Crippen molar-refractivity contribution in [1.82, 2.24) is 4.90 Å². The first-order valence-electron chi connectivity index (χ1n) is 7.46. The lowest BCUT2D eigenvalue weighted by Gasteiger charge is -2.26. The second-order valence-corrected chi connectivity index (χ2v) is 6.44. The fraction of sp³-hybridized carbons (Fsp3) is 1.00. The molecule has 1 saturated heterocycles. The van der Waals surface area contributed by atoms with Gasteiger partial charge in [-0.05, 0) is 37.8 Å². The summed E-state index contributed by atoms with van der Waals surface area (Å²) in [5.41, 5.74) is 0.370. The molecule has 1 rings (SSSR count). The largest absolute Gasteiger partial charge is 0.379 e. The summed E-state index contributed by atoms with van der Waals surface area (Å²) in [7, 11) is 0. The zero-order valence-electron chi connectivity index (χ0n) is 12.5. The number of nitrogens with zero attached hydrogens (tertiary/aromatic N) is 1. The molecule has 0 N–H and O–H groups in total. The summed E-state index contributed by atoms with van der Waals surface area (Å²) in [6.45, 7) is 13.5. The average Bonchev–Trinajstić information content (AvgIpc) is 2.32. The molecule has 1 aliphatic heterocycles. The SMILES string of the molecule is CC(C)(C)CCOCCOCCN1CCCCC1. The van der Waals surface area contributed by atoms with Crippen molar-refractivity contribution in [3.05, 3.63) is 0 Å². The van der Waals surface area contributed by atoms with Gasteiger partial charge in [-0.25, -0.2) is 0 Å². The van der Waals surface area contributed by atoms with Gasteiger partial charge in [0.2, 0.25) is 0 Å². The van der Waals surface area contributed by atoms with Gasteiger partial charge in [-0.2, -0.15) is 0 Å². The summed E-state index contributed by atoms with van der Waals surface area (Å²) in [5.74, 6) is 0. The molecule has 0 aromatic heterocycles. The molecule has 0 amide bonds. The summed E-state index contributed by atoms with van der Waals surface area (Å²) in [5, 5.41) is 0. The molecule has 0 atom stereocenters. The van der Waals surface area contributed by atoms with Crippen LogP contribution in [0.2, 0.25) is 0 Å². The van der Waals surface area contributed by atoms with E-state index in [0.717, 1.165) is 39.4 Å². The molecule has 108 valence electrons. The molecule has 18 heavy (non-hydrogen) atoms. The van der Waals surface area contributed by atoms with E-state index in [1.807, 2.05) is 0 Å². The van der Waals surface area contributed by atoms with Gasteiger partial charge >= 0.3 is 0 Å². The molecule has 0 radical (unpaired) electrons. The van der Waals surface area contributed by atoms with Crippen LogP contribution in [0.5, 0.6) is 0 Å². The van der Waals surface area contributed by atoms with Crippen molar-refractivity contribution in [3.63, 3.8) is 0 Å². The average molecular weight is 257 g/mol. The van der Waals surface area contributed by atoms with E-state index < -0.39 is 0 Å². The Hall–Kier alpha value is -0.120. The van der Waals surface area contributed by atoms with E-state index in [0.29, 0.717) is 5.41 Å². The first-order valence-corrected chi connectivity index (χ1v) is 7.46. The summed E-state index contributed by atoms with van der Waals surface area (Å²) in [4.78, 5) is 2.50. The van der Waals surface area contributed by atoms with E-state index in [-0.39, 0.29) is 0 Å². The van der Waals surface area contributed by atoms with E-state index in [1.165, 1.54) is 32.4 Å². The lowest BCUT2D eigenvalue weighted by Crippen LogP contribution is -2.32. The Bertz CT molecular complexity index is 195. The summed E-state index contributed by atoms with van der Waals surface area (Å²) in [6.07, 6.45) is 5.23. The third-order valence-electron chi connectivity index (χ3n) is 3.37. The molecule has 0 aliphatic carbocycles. The fourth-order valence-electron chi connectivity index (χ4n) is 2.08. The van der Waals surface area contributed by atoms with Gasteiger partial charge in [0.15, 0.2) is 0 Å². The smallest absolute Gasteiger partial charge is 0.0701 e. The van der Waals surface area contributed by atoms with Crippen LogP contribution in [0.4, 0.5) is 0 Å². The maximum atomic E-state index is 5.60. The van der Waals surface area contributed by atoms with Crippen LogP contribution < -0.4 is 0 Å². The lowest BCUT2D eigenvalue weighted by atomic mass is 9.93. The number of ether oxygens (including phenoxy) is 2. The van der Waals surface area contributed by atoms with E-state index in [9.17, 15) is 0 Å². The highest BCUT2D eigenvalue weighted by Crippen LogP contribution is 2.17. The zero-order valence-corrected chi connectivity index (χ0v) is 12.5. The number of likely N-dealkylation sites (tertiary alicyclic amines) is 1. The Morgan fingerprint density at radius 2 is 1.44 bits per heavy atom. The van der Waals surface area contributed by atoms with Crippen LogP contribution in [-0.2, 0) is 9.47 Å². The molecular weight excluding hydrogens is 226 g/mol. The molecular formula is C15H31NO2. The van der Waals surface area contributed by atoms with Crippen LogP contribution >= 0.6 is 0 Å². The van der Waals surface area contributed by atoms with Gasteiger partial charge in [-0.3, -0.25) is 0 Å². The maximum Gasteiger partial charge on any atom is 0.0701 e. The Morgan fingerprint density at radius 3 is 2.06 bits per heavy atom. The fourth-order valence-corrected chi connectivity index (χ4v) is 2.08. The second-order valence-electron chi connectivity index (χ2n) is 6.44. The minimum absolute atomic E-state index is 0.370. The van der Waals surface area contributed by atoms with Gasteiger partial charge in [0.1, 0.15) is 0 Å². The van der Waals surface area contributed by atoms with Gasteiger partial charge in [0, 0.05) is 13.2 Å². The predicted molar refractivity (Wildman–Crippen MR) is 76.0 cm³/mol. The molecule has 1 heterocycles. The molecule has 1 aliphatic rings. The third-order valence-corrected chi connectivity index (χ3v) is 3.37. The number of hydrogen-bond acceptors (Lipinski definition) is 3. The van der Waals surface area contributed by atoms with E-state index in [2.05, 4.69) is 25.7 Å². The second kappa shape index (κ2) is 8.89. The molecule has 1 fully saturated rings. The van der Waals surface area contributed by atoms with Gasteiger partial charge in [0.05, 0.1) is 19.8 Å². The van der Waals surface area contributed by atoms with Gasteiger partial charge < -0.3 is 14.4 Å². The van der Waals surface area contributed by atoms with E-state index in [4.69, 9.17) is 9.47 Å². The molecule has 0 unspecified atom stereocenters. The highest BCUT2D eigenvalue weighted by atomic mass is 16.5. The Morgan fingerprint density at radius 1 is 0.833 bits per heavy atom. The highest BCUT2D eigenvalue weighted by molar-refractivity contribution is 4.63. The molecule has 3 heteroatoms. The Labute approximate surface area is 113 Å². The highest BCUT2D eigenvalue weighted by Gasteiger charge is 2.10. The predicted octanol–water partition coefficient (Wildman–Crippen LogP) is 2.94. The van der Waals surface area contributed by atoms with Crippen LogP contribution in [0.3, 0.4) is 0 Å². The molecule has 3 nitrogen and oxygen atoms in total. The standard InChI is InChI=1S/C15H31NO2/c1-15(2,3)7-11-17-13-14-18-12-10-16-8-5-4-6-9-16/h4-14H2,1-3H3. The van der Waals surface area contributed by atoms with Crippen molar-refractivity contribution in [3.8, 4) is 0 Å².